The molecule has 0 aromatic heterocycles. The van der Waals surface area contributed by atoms with E-state index in [4.69, 9.17) is 14.2 Å². The minimum Gasteiger partial charge on any atom is -0.449 e. The van der Waals surface area contributed by atoms with Gasteiger partial charge in [0.1, 0.15) is 12.7 Å². The molecule has 7 heteroatoms. The zero-order valence-electron chi connectivity index (χ0n) is 19.3. The van der Waals surface area contributed by atoms with Crippen LogP contribution in [0, 0.1) is 0 Å². The summed E-state index contributed by atoms with van der Waals surface area (Å²) >= 11 is 0. The molecule has 1 aliphatic carbocycles. The Balaban J connectivity index is 1.11. The summed E-state index contributed by atoms with van der Waals surface area (Å²) in [6.07, 6.45) is -2.97. The number of benzene rings is 3. The molecule has 35 heavy (non-hydrogen) atoms. The number of ether oxygens (including phenoxy) is 3. The SMILES string of the molecule is O=C(NCCC(O)C(O)c1cccc(C2OCCO2)c1)OCC1c2ccccc2-c2ccccc21. The molecule has 5 rings (SSSR count). The Morgan fingerprint density at radius 2 is 1.60 bits per heavy atom. The van der Waals surface area contributed by atoms with Crippen molar-refractivity contribution in [3.05, 3.63) is 95.1 Å². The molecule has 7 nitrogen and oxygen atoms in total. The molecule has 3 aromatic carbocycles. The van der Waals surface area contributed by atoms with Crippen molar-refractivity contribution in [3.8, 4) is 11.1 Å². The van der Waals surface area contributed by atoms with Gasteiger partial charge in [-0.05, 0) is 40.3 Å². The van der Waals surface area contributed by atoms with Crippen LogP contribution in [0.5, 0.6) is 0 Å². The zero-order chi connectivity index (χ0) is 24.2. The molecule has 1 saturated heterocycles. The topological polar surface area (TPSA) is 97.3 Å². The number of carbonyl (C=O) groups excluding carboxylic acids is 1. The number of fused-ring (bicyclic) bond motifs is 3. The molecule has 2 aliphatic rings. The second-order valence-electron chi connectivity index (χ2n) is 8.80. The van der Waals surface area contributed by atoms with Crippen LogP contribution in [0.2, 0.25) is 0 Å². The molecule has 1 fully saturated rings. The van der Waals surface area contributed by atoms with Crippen LogP contribution in [0.25, 0.3) is 11.1 Å². The third kappa shape index (κ3) is 5.09. The predicted octanol–water partition coefficient (Wildman–Crippen LogP) is 4.06. The molecule has 3 aromatic rings. The maximum atomic E-state index is 12.3. The van der Waals surface area contributed by atoms with E-state index in [1.165, 1.54) is 11.1 Å². The van der Waals surface area contributed by atoms with Gasteiger partial charge in [-0.1, -0.05) is 66.7 Å². The number of amides is 1. The fourth-order valence-electron chi connectivity index (χ4n) is 4.79. The molecule has 1 amide bonds. The van der Waals surface area contributed by atoms with Crippen LogP contribution in [0.15, 0.2) is 72.8 Å². The first kappa shape index (κ1) is 23.5. The highest BCUT2D eigenvalue weighted by molar-refractivity contribution is 5.79. The lowest BCUT2D eigenvalue weighted by molar-refractivity contribution is -0.0444. The van der Waals surface area contributed by atoms with E-state index in [0.717, 1.165) is 16.7 Å². The van der Waals surface area contributed by atoms with E-state index in [1.807, 2.05) is 30.3 Å². The lowest BCUT2D eigenvalue weighted by atomic mass is 9.98. The summed E-state index contributed by atoms with van der Waals surface area (Å²) in [5, 5.41) is 23.7. The zero-order valence-corrected chi connectivity index (χ0v) is 19.3. The second kappa shape index (κ2) is 10.6. The molecule has 0 saturated carbocycles. The summed E-state index contributed by atoms with van der Waals surface area (Å²) in [6.45, 7) is 1.45. The Labute approximate surface area is 204 Å². The summed E-state index contributed by atoms with van der Waals surface area (Å²) in [5.41, 5.74) is 6.00. The maximum Gasteiger partial charge on any atom is 0.407 e. The highest BCUT2D eigenvalue weighted by atomic mass is 16.7. The number of alkyl carbamates (subject to hydrolysis) is 1. The summed E-state index contributed by atoms with van der Waals surface area (Å²) in [6, 6.07) is 23.5. The molecular weight excluding hydrogens is 446 g/mol. The number of hydrogen-bond acceptors (Lipinski definition) is 6. The van der Waals surface area contributed by atoms with Crippen LogP contribution in [0.4, 0.5) is 4.79 Å². The van der Waals surface area contributed by atoms with Gasteiger partial charge in [0.25, 0.3) is 0 Å². The monoisotopic (exact) mass is 475 g/mol. The second-order valence-corrected chi connectivity index (χ2v) is 8.80. The third-order valence-corrected chi connectivity index (χ3v) is 6.56. The molecule has 0 radical (unpaired) electrons. The van der Waals surface area contributed by atoms with Crippen LogP contribution in [0.1, 0.15) is 47.0 Å². The fourth-order valence-corrected chi connectivity index (χ4v) is 4.79. The molecule has 182 valence electrons. The van der Waals surface area contributed by atoms with Crippen molar-refractivity contribution in [2.45, 2.75) is 30.8 Å². The van der Waals surface area contributed by atoms with E-state index in [1.54, 1.807) is 18.2 Å². The lowest BCUT2D eigenvalue weighted by Crippen LogP contribution is -2.30. The highest BCUT2D eigenvalue weighted by Crippen LogP contribution is 2.44. The predicted molar refractivity (Wildman–Crippen MR) is 130 cm³/mol. The van der Waals surface area contributed by atoms with E-state index in [9.17, 15) is 15.0 Å². The Morgan fingerprint density at radius 1 is 0.943 bits per heavy atom. The average molecular weight is 476 g/mol. The van der Waals surface area contributed by atoms with E-state index >= 15 is 0 Å². The Hall–Kier alpha value is -3.23. The largest absolute Gasteiger partial charge is 0.449 e. The molecule has 1 aliphatic heterocycles. The van der Waals surface area contributed by atoms with E-state index < -0.39 is 24.6 Å². The minimum absolute atomic E-state index is 0.0133. The van der Waals surface area contributed by atoms with Crippen molar-refractivity contribution < 1.29 is 29.2 Å². The normalized spacial score (nSPS) is 17.0. The molecule has 2 atom stereocenters. The number of aliphatic hydroxyl groups excluding tert-OH is 2. The summed E-state index contributed by atoms with van der Waals surface area (Å²) < 4.78 is 16.5. The van der Waals surface area contributed by atoms with Crippen molar-refractivity contribution in [1.82, 2.24) is 5.32 Å². The van der Waals surface area contributed by atoms with Gasteiger partial charge < -0.3 is 29.7 Å². The number of hydrogen-bond donors (Lipinski definition) is 3. The van der Waals surface area contributed by atoms with Crippen LogP contribution in [-0.4, -0.2) is 48.8 Å². The smallest absolute Gasteiger partial charge is 0.407 e. The highest BCUT2D eigenvalue weighted by Gasteiger charge is 2.29. The van der Waals surface area contributed by atoms with Crippen LogP contribution in [-0.2, 0) is 14.2 Å². The van der Waals surface area contributed by atoms with Crippen molar-refractivity contribution in [2.24, 2.45) is 0 Å². The van der Waals surface area contributed by atoms with Crippen molar-refractivity contribution in [2.75, 3.05) is 26.4 Å². The first-order chi connectivity index (χ1) is 17.1. The van der Waals surface area contributed by atoms with Gasteiger partial charge in [0, 0.05) is 18.0 Å². The van der Waals surface area contributed by atoms with Gasteiger partial charge in [-0.3, -0.25) is 0 Å². The van der Waals surface area contributed by atoms with Crippen LogP contribution < -0.4 is 5.32 Å². The van der Waals surface area contributed by atoms with Crippen molar-refractivity contribution >= 4 is 6.09 Å². The van der Waals surface area contributed by atoms with Crippen molar-refractivity contribution in [3.63, 3.8) is 0 Å². The number of rotatable bonds is 8. The van der Waals surface area contributed by atoms with Crippen molar-refractivity contribution in [1.29, 1.82) is 0 Å². The van der Waals surface area contributed by atoms with Gasteiger partial charge in [-0.15, -0.1) is 0 Å². The van der Waals surface area contributed by atoms with Gasteiger partial charge in [0.15, 0.2) is 6.29 Å². The third-order valence-electron chi connectivity index (χ3n) is 6.56. The van der Waals surface area contributed by atoms with Gasteiger partial charge in [-0.25, -0.2) is 4.79 Å². The number of carbonyl (C=O) groups is 1. The molecular formula is C28H29NO6. The fraction of sp³-hybridized carbons (Fsp3) is 0.321. The van der Waals surface area contributed by atoms with Gasteiger partial charge in [0.05, 0.1) is 19.3 Å². The quantitative estimate of drug-likeness (QED) is 0.455. The number of aliphatic hydroxyl groups is 2. The standard InChI is InChI=1S/C28H29NO6/c30-25(26(31)18-6-5-7-19(16-18)27-33-14-15-34-27)12-13-29-28(32)35-17-24-22-10-3-1-8-20(22)21-9-2-4-11-23(21)24/h1-11,16,24-27,30-31H,12-15,17H2,(H,29,32). The summed E-state index contributed by atoms with van der Waals surface area (Å²) in [7, 11) is 0. The van der Waals surface area contributed by atoms with E-state index in [-0.39, 0.29) is 25.5 Å². The lowest BCUT2D eigenvalue weighted by Gasteiger charge is -2.20. The van der Waals surface area contributed by atoms with Crippen LogP contribution in [0.3, 0.4) is 0 Å². The van der Waals surface area contributed by atoms with Crippen LogP contribution >= 0.6 is 0 Å². The van der Waals surface area contributed by atoms with Gasteiger partial charge in [-0.2, -0.15) is 0 Å². The first-order valence-electron chi connectivity index (χ1n) is 11.9. The molecule has 1 heterocycles. The van der Waals surface area contributed by atoms with Gasteiger partial charge in [0.2, 0.25) is 0 Å². The molecule has 0 spiro atoms. The summed E-state index contributed by atoms with van der Waals surface area (Å²) in [4.78, 5) is 12.3. The first-order valence-corrected chi connectivity index (χ1v) is 11.9. The Morgan fingerprint density at radius 3 is 2.29 bits per heavy atom. The molecule has 2 unspecified atom stereocenters. The van der Waals surface area contributed by atoms with E-state index in [0.29, 0.717) is 18.8 Å². The average Bonchev–Trinajstić information content (AvgIpc) is 3.54. The summed E-state index contributed by atoms with van der Waals surface area (Å²) in [5.74, 6) is -0.0133. The maximum absolute atomic E-state index is 12.3. The molecule has 3 N–H and O–H groups in total. The number of nitrogens with one attached hydrogen (secondary N) is 1. The minimum atomic E-state index is -1.10. The molecule has 0 bridgehead atoms. The van der Waals surface area contributed by atoms with Gasteiger partial charge >= 0.3 is 6.09 Å². The van der Waals surface area contributed by atoms with E-state index in [2.05, 4.69) is 29.6 Å². The Bertz CT molecular complexity index is 1130. The Kier molecular flexibility index (Phi) is 7.11.